The summed E-state index contributed by atoms with van der Waals surface area (Å²) in [7, 11) is 0. The SMILES string of the molecule is CC(C)COc1ccccc1CN1CCC2(CC1)CCN(C(=O)c1ccncn1)CC2. The van der Waals surface area contributed by atoms with Crippen molar-refractivity contribution in [2.45, 2.75) is 46.1 Å². The van der Waals surface area contributed by atoms with E-state index in [0.29, 0.717) is 17.0 Å². The highest BCUT2D eigenvalue weighted by molar-refractivity contribution is 5.92. The topological polar surface area (TPSA) is 58.6 Å². The second kappa shape index (κ2) is 9.77. The second-order valence-corrected chi connectivity index (χ2v) is 9.48. The lowest BCUT2D eigenvalue weighted by atomic mass is 9.71. The van der Waals surface area contributed by atoms with Crippen LogP contribution >= 0.6 is 0 Å². The fourth-order valence-corrected chi connectivity index (χ4v) is 4.72. The Kier molecular flexibility index (Phi) is 6.86. The number of carbonyl (C=O) groups excluding carboxylic acids is 1. The van der Waals surface area contributed by atoms with Gasteiger partial charge in [-0.3, -0.25) is 9.69 Å². The van der Waals surface area contributed by atoms with Crippen LogP contribution in [0.25, 0.3) is 0 Å². The van der Waals surface area contributed by atoms with E-state index >= 15 is 0 Å². The van der Waals surface area contributed by atoms with Crippen molar-refractivity contribution >= 4 is 5.91 Å². The lowest BCUT2D eigenvalue weighted by molar-refractivity contribution is 0.0280. The Labute approximate surface area is 185 Å². The van der Waals surface area contributed by atoms with Crippen LogP contribution in [0.15, 0.2) is 42.9 Å². The van der Waals surface area contributed by atoms with Gasteiger partial charge >= 0.3 is 0 Å². The van der Waals surface area contributed by atoms with Crippen molar-refractivity contribution in [1.29, 1.82) is 0 Å². The Morgan fingerprint density at radius 3 is 2.45 bits per heavy atom. The monoisotopic (exact) mass is 422 g/mol. The quantitative estimate of drug-likeness (QED) is 0.703. The van der Waals surface area contributed by atoms with E-state index in [1.165, 1.54) is 24.7 Å². The number of rotatable bonds is 6. The summed E-state index contributed by atoms with van der Waals surface area (Å²) in [6.45, 7) is 9.94. The molecule has 2 aliphatic heterocycles. The third-order valence-corrected chi connectivity index (χ3v) is 6.77. The molecule has 0 N–H and O–H groups in total. The molecule has 0 radical (unpaired) electrons. The fraction of sp³-hybridized carbons (Fsp3) is 0.560. The molecule has 6 heteroatoms. The summed E-state index contributed by atoms with van der Waals surface area (Å²) in [5.41, 5.74) is 2.16. The smallest absolute Gasteiger partial charge is 0.272 e. The predicted molar refractivity (Wildman–Crippen MR) is 121 cm³/mol. The van der Waals surface area contributed by atoms with Crippen LogP contribution in [0.5, 0.6) is 5.75 Å². The Balaban J connectivity index is 1.28. The molecule has 166 valence electrons. The first kappa shape index (κ1) is 21.8. The van der Waals surface area contributed by atoms with E-state index in [1.54, 1.807) is 12.3 Å². The molecule has 2 aliphatic rings. The molecule has 3 heterocycles. The summed E-state index contributed by atoms with van der Waals surface area (Å²) in [5.74, 6) is 1.58. The number of hydrogen-bond donors (Lipinski definition) is 0. The average Bonchev–Trinajstić information content (AvgIpc) is 2.81. The fourth-order valence-electron chi connectivity index (χ4n) is 4.72. The lowest BCUT2D eigenvalue weighted by Gasteiger charge is -2.47. The second-order valence-electron chi connectivity index (χ2n) is 9.48. The van der Waals surface area contributed by atoms with E-state index in [4.69, 9.17) is 4.74 Å². The van der Waals surface area contributed by atoms with Gasteiger partial charge in [0, 0.05) is 31.4 Å². The van der Waals surface area contributed by atoms with Gasteiger partial charge in [-0.1, -0.05) is 32.0 Å². The molecule has 0 atom stereocenters. The van der Waals surface area contributed by atoms with Gasteiger partial charge in [-0.15, -0.1) is 0 Å². The van der Waals surface area contributed by atoms with Gasteiger partial charge in [0.1, 0.15) is 17.8 Å². The Bertz CT molecular complexity index is 853. The number of likely N-dealkylation sites (tertiary alicyclic amines) is 2. The first-order chi connectivity index (χ1) is 15.0. The van der Waals surface area contributed by atoms with E-state index in [0.717, 1.165) is 57.9 Å². The number of benzene rings is 1. The summed E-state index contributed by atoms with van der Waals surface area (Å²) < 4.78 is 6.05. The highest BCUT2D eigenvalue weighted by Crippen LogP contribution is 2.42. The maximum Gasteiger partial charge on any atom is 0.272 e. The van der Waals surface area contributed by atoms with Crippen LogP contribution in [0.1, 0.15) is 55.6 Å². The van der Waals surface area contributed by atoms with Crippen molar-refractivity contribution in [3.05, 3.63) is 54.1 Å². The number of ether oxygens (including phenoxy) is 1. The Hall–Kier alpha value is -2.47. The number of aromatic nitrogens is 2. The number of amides is 1. The molecular formula is C25H34N4O2. The molecule has 6 nitrogen and oxygen atoms in total. The van der Waals surface area contributed by atoms with Gasteiger partial charge in [-0.2, -0.15) is 0 Å². The van der Waals surface area contributed by atoms with Crippen LogP contribution < -0.4 is 4.74 Å². The van der Waals surface area contributed by atoms with Crippen LogP contribution in [-0.4, -0.2) is 58.5 Å². The first-order valence-electron chi connectivity index (χ1n) is 11.5. The molecule has 0 saturated carbocycles. The zero-order valence-electron chi connectivity index (χ0n) is 18.8. The number of para-hydroxylation sites is 1. The van der Waals surface area contributed by atoms with Gasteiger partial charge in [0.15, 0.2) is 0 Å². The summed E-state index contributed by atoms with van der Waals surface area (Å²) in [6.07, 6.45) is 7.67. The molecule has 2 saturated heterocycles. The maximum atomic E-state index is 12.7. The van der Waals surface area contributed by atoms with Crippen molar-refractivity contribution in [3.63, 3.8) is 0 Å². The molecule has 1 spiro atoms. The van der Waals surface area contributed by atoms with Crippen LogP contribution in [0.4, 0.5) is 0 Å². The minimum atomic E-state index is 0.0349. The highest BCUT2D eigenvalue weighted by atomic mass is 16.5. The van der Waals surface area contributed by atoms with Gasteiger partial charge in [0.25, 0.3) is 5.91 Å². The molecule has 1 amide bonds. The molecule has 1 aromatic carbocycles. The molecule has 1 aromatic heterocycles. The number of hydrogen-bond acceptors (Lipinski definition) is 5. The van der Waals surface area contributed by atoms with Crippen molar-refractivity contribution < 1.29 is 9.53 Å². The molecule has 0 aliphatic carbocycles. The Morgan fingerprint density at radius 2 is 1.77 bits per heavy atom. The van der Waals surface area contributed by atoms with Crippen LogP contribution in [-0.2, 0) is 6.54 Å². The van der Waals surface area contributed by atoms with E-state index in [2.05, 4.69) is 53.0 Å². The average molecular weight is 423 g/mol. The van der Waals surface area contributed by atoms with Crippen molar-refractivity contribution in [3.8, 4) is 5.75 Å². The molecular weight excluding hydrogens is 388 g/mol. The minimum absolute atomic E-state index is 0.0349. The van der Waals surface area contributed by atoms with E-state index in [-0.39, 0.29) is 5.91 Å². The van der Waals surface area contributed by atoms with Gasteiger partial charge in [0.05, 0.1) is 6.61 Å². The predicted octanol–water partition coefficient (Wildman–Crippen LogP) is 4.03. The molecule has 31 heavy (non-hydrogen) atoms. The largest absolute Gasteiger partial charge is 0.493 e. The summed E-state index contributed by atoms with van der Waals surface area (Å²) in [5, 5.41) is 0. The molecule has 0 bridgehead atoms. The van der Waals surface area contributed by atoms with Gasteiger partial charge in [-0.05, 0) is 62.2 Å². The lowest BCUT2D eigenvalue weighted by Crippen LogP contribution is -2.48. The zero-order valence-corrected chi connectivity index (χ0v) is 18.8. The standard InChI is InChI=1S/C25H34N4O2/c1-20(2)18-31-23-6-4-3-5-21(23)17-28-13-8-25(9-14-28)10-15-29(16-11-25)24(30)22-7-12-26-19-27-22/h3-7,12,19-20H,8-11,13-18H2,1-2H3. The van der Waals surface area contributed by atoms with Gasteiger partial charge in [-0.25, -0.2) is 9.97 Å². The first-order valence-corrected chi connectivity index (χ1v) is 11.5. The number of nitrogens with zero attached hydrogens (tertiary/aromatic N) is 4. The van der Waals surface area contributed by atoms with Crippen molar-refractivity contribution in [2.75, 3.05) is 32.8 Å². The molecule has 2 aromatic rings. The van der Waals surface area contributed by atoms with E-state index < -0.39 is 0 Å². The third-order valence-electron chi connectivity index (χ3n) is 6.77. The normalized spacial score (nSPS) is 19.0. The van der Waals surface area contributed by atoms with E-state index in [9.17, 15) is 4.79 Å². The van der Waals surface area contributed by atoms with Gasteiger partial charge < -0.3 is 9.64 Å². The number of piperidine rings is 2. The third kappa shape index (κ3) is 5.42. The summed E-state index contributed by atoms with van der Waals surface area (Å²) in [6, 6.07) is 10.1. The maximum absolute atomic E-state index is 12.7. The van der Waals surface area contributed by atoms with Crippen LogP contribution in [0.3, 0.4) is 0 Å². The van der Waals surface area contributed by atoms with Crippen molar-refractivity contribution in [1.82, 2.24) is 19.8 Å². The van der Waals surface area contributed by atoms with Gasteiger partial charge in [0.2, 0.25) is 0 Å². The van der Waals surface area contributed by atoms with Crippen LogP contribution in [0.2, 0.25) is 0 Å². The zero-order chi connectivity index (χ0) is 21.7. The van der Waals surface area contributed by atoms with Crippen molar-refractivity contribution in [2.24, 2.45) is 11.3 Å². The number of carbonyl (C=O) groups is 1. The summed E-state index contributed by atoms with van der Waals surface area (Å²) >= 11 is 0. The highest BCUT2D eigenvalue weighted by Gasteiger charge is 2.38. The molecule has 4 rings (SSSR count). The minimum Gasteiger partial charge on any atom is -0.493 e. The van der Waals surface area contributed by atoms with E-state index in [1.807, 2.05) is 4.90 Å². The molecule has 0 unspecified atom stereocenters. The Morgan fingerprint density at radius 1 is 1.06 bits per heavy atom. The van der Waals surface area contributed by atoms with Crippen LogP contribution in [0, 0.1) is 11.3 Å². The molecule has 2 fully saturated rings. The summed E-state index contributed by atoms with van der Waals surface area (Å²) in [4.78, 5) is 25.2.